The number of alkyl halides is 3. The molecule has 0 amide bonds. The maximum absolute atomic E-state index is 12.8. The number of nitrogens with zero attached hydrogens (tertiary/aromatic N) is 1. The van der Waals surface area contributed by atoms with Crippen LogP contribution >= 0.6 is 0 Å². The number of aliphatic imine (C=N–C) groups is 1. The van der Waals surface area contributed by atoms with Gasteiger partial charge in [-0.25, -0.2) is 0 Å². The van der Waals surface area contributed by atoms with E-state index in [1.807, 2.05) is 0 Å². The number of nitrogens with one attached hydrogen (secondary N) is 2. The molecule has 0 aromatic heterocycles. The molecular weight excluding hydrogens is 219 g/mol. The topological polar surface area (TPSA) is 36.4 Å². The molecule has 0 radical (unpaired) electrons. The summed E-state index contributed by atoms with van der Waals surface area (Å²) in [6.07, 6.45) is -2.03. The molecule has 16 heavy (non-hydrogen) atoms. The van der Waals surface area contributed by atoms with Crippen LogP contribution in [0.4, 0.5) is 13.2 Å². The molecule has 3 nitrogen and oxygen atoms in total. The van der Waals surface area contributed by atoms with E-state index in [-0.39, 0.29) is 19.4 Å². The fourth-order valence-corrected chi connectivity index (χ4v) is 2.07. The Kier molecular flexibility index (Phi) is 2.99. The standard InChI is InChI=1S/C10H16F3N3/c11-10(12,13)9(3-1-4-9)7-16-8-14-5-2-6-15-8/h1-7H2,(H2,14,15,16). The molecule has 0 bridgehead atoms. The van der Waals surface area contributed by atoms with Gasteiger partial charge in [-0.15, -0.1) is 0 Å². The highest BCUT2D eigenvalue weighted by atomic mass is 19.4. The molecule has 1 heterocycles. The number of rotatable bonds is 2. The first-order valence-electron chi connectivity index (χ1n) is 5.62. The smallest absolute Gasteiger partial charge is 0.356 e. The Balaban J connectivity index is 1.90. The average molecular weight is 235 g/mol. The van der Waals surface area contributed by atoms with Gasteiger partial charge >= 0.3 is 6.18 Å². The Labute approximate surface area is 92.5 Å². The van der Waals surface area contributed by atoms with Crippen LogP contribution in [0.15, 0.2) is 4.99 Å². The molecule has 2 rings (SSSR count). The third-order valence-electron chi connectivity index (χ3n) is 3.40. The molecule has 0 unspecified atom stereocenters. The number of guanidine groups is 1. The normalized spacial score (nSPS) is 24.1. The van der Waals surface area contributed by atoms with Crippen molar-refractivity contribution in [2.75, 3.05) is 19.6 Å². The fourth-order valence-electron chi connectivity index (χ4n) is 2.07. The summed E-state index contributed by atoms with van der Waals surface area (Å²) in [6, 6.07) is 0. The molecule has 2 aliphatic rings. The first kappa shape index (κ1) is 11.5. The Morgan fingerprint density at radius 3 is 2.50 bits per heavy atom. The molecule has 0 aromatic carbocycles. The summed E-state index contributed by atoms with van der Waals surface area (Å²) in [5.74, 6) is 0.516. The Bertz CT molecular complexity index is 282. The third kappa shape index (κ3) is 2.10. The fraction of sp³-hybridized carbons (Fsp3) is 0.900. The van der Waals surface area contributed by atoms with E-state index in [4.69, 9.17) is 0 Å². The summed E-state index contributed by atoms with van der Waals surface area (Å²) < 4.78 is 38.4. The highest BCUT2D eigenvalue weighted by Crippen LogP contribution is 2.52. The van der Waals surface area contributed by atoms with Crippen molar-refractivity contribution in [2.45, 2.75) is 31.9 Å². The zero-order valence-electron chi connectivity index (χ0n) is 9.03. The van der Waals surface area contributed by atoms with Crippen LogP contribution in [-0.4, -0.2) is 31.8 Å². The van der Waals surface area contributed by atoms with Gasteiger partial charge < -0.3 is 10.6 Å². The highest BCUT2D eigenvalue weighted by Gasteiger charge is 2.57. The van der Waals surface area contributed by atoms with E-state index in [0.717, 1.165) is 13.0 Å². The molecule has 1 fully saturated rings. The van der Waals surface area contributed by atoms with Gasteiger partial charge in [0.25, 0.3) is 0 Å². The SMILES string of the molecule is FC(F)(F)C1(CNC2=NCCCN2)CCC1. The van der Waals surface area contributed by atoms with Crippen LogP contribution in [0.2, 0.25) is 0 Å². The zero-order chi connectivity index (χ0) is 11.6. The van der Waals surface area contributed by atoms with E-state index >= 15 is 0 Å². The Morgan fingerprint density at radius 2 is 2.06 bits per heavy atom. The van der Waals surface area contributed by atoms with Gasteiger partial charge in [0, 0.05) is 19.6 Å². The zero-order valence-corrected chi connectivity index (χ0v) is 9.03. The summed E-state index contributed by atoms with van der Waals surface area (Å²) in [4.78, 5) is 4.10. The second-order valence-corrected chi connectivity index (χ2v) is 4.50. The predicted octanol–water partition coefficient (Wildman–Crippen LogP) is 1.66. The average Bonchev–Trinajstić information content (AvgIpc) is 2.15. The van der Waals surface area contributed by atoms with Gasteiger partial charge in [-0.2, -0.15) is 13.2 Å². The van der Waals surface area contributed by atoms with Crippen molar-refractivity contribution < 1.29 is 13.2 Å². The summed E-state index contributed by atoms with van der Waals surface area (Å²) in [5, 5.41) is 5.75. The van der Waals surface area contributed by atoms with Crippen molar-refractivity contribution in [2.24, 2.45) is 10.4 Å². The minimum absolute atomic E-state index is 0.0532. The molecule has 1 aliphatic heterocycles. The number of halogens is 3. The van der Waals surface area contributed by atoms with Crippen molar-refractivity contribution >= 4 is 5.96 Å². The molecule has 2 N–H and O–H groups in total. The minimum Gasteiger partial charge on any atom is -0.356 e. The summed E-state index contributed by atoms with van der Waals surface area (Å²) >= 11 is 0. The lowest BCUT2D eigenvalue weighted by Gasteiger charge is -2.43. The molecule has 6 heteroatoms. The van der Waals surface area contributed by atoms with Crippen LogP contribution in [0.5, 0.6) is 0 Å². The molecular formula is C10H16F3N3. The maximum atomic E-state index is 12.8. The third-order valence-corrected chi connectivity index (χ3v) is 3.40. The molecule has 0 saturated heterocycles. The van der Waals surface area contributed by atoms with Gasteiger partial charge in [0.15, 0.2) is 5.96 Å². The van der Waals surface area contributed by atoms with Crippen LogP contribution < -0.4 is 10.6 Å². The van der Waals surface area contributed by atoms with Gasteiger partial charge in [-0.05, 0) is 19.3 Å². The maximum Gasteiger partial charge on any atom is 0.396 e. The van der Waals surface area contributed by atoms with Crippen molar-refractivity contribution in [3.8, 4) is 0 Å². The van der Waals surface area contributed by atoms with E-state index in [0.29, 0.717) is 18.9 Å². The van der Waals surface area contributed by atoms with Gasteiger partial charge in [0.2, 0.25) is 0 Å². The summed E-state index contributed by atoms with van der Waals surface area (Å²) in [6.45, 7) is 1.42. The van der Waals surface area contributed by atoms with E-state index in [1.54, 1.807) is 0 Å². The predicted molar refractivity (Wildman–Crippen MR) is 55.3 cm³/mol. The van der Waals surface area contributed by atoms with Crippen LogP contribution in [0.1, 0.15) is 25.7 Å². The largest absolute Gasteiger partial charge is 0.396 e. The second kappa shape index (κ2) is 4.14. The molecule has 0 spiro atoms. The van der Waals surface area contributed by atoms with Crippen LogP contribution in [-0.2, 0) is 0 Å². The first-order valence-corrected chi connectivity index (χ1v) is 5.62. The van der Waals surface area contributed by atoms with Gasteiger partial charge in [0.1, 0.15) is 0 Å². The van der Waals surface area contributed by atoms with Crippen molar-refractivity contribution in [3.05, 3.63) is 0 Å². The van der Waals surface area contributed by atoms with Crippen molar-refractivity contribution in [1.82, 2.24) is 10.6 Å². The highest BCUT2D eigenvalue weighted by molar-refractivity contribution is 5.80. The lowest BCUT2D eigenvalue weighted by Crippen LogP contribution is -2.54. The Morgan fingerprint density at radius 1 is 1.31 bits per heavy atom. The van der Waals surface area contributed by atoms with E-state index in [9.17, 15) is 13.2 Å². The van der Waals surface area contributed by atoms with Crippen LogP contribution in [0.25, 0.3) is 0 Å². The monoisotopic (exact) mass is 235 g/mol. The van der Waals surface area contributed by atoms with Crippen LogP contribution in [0, 0.1) is 5.41 Å². The van der Waals surface area contributed by atoms with Gasteiger partial charge in [0.05, 0.1) is 5.41 Å². The number of hydrogen-bond donors (Lipinski definition) is 2. The van der Waals surface area contributed by atoms with E-state index in [2.05, 4.69) is 15.6 Å². The van der Waals surface area contributed by atoms with Gasteiger partial charge in [-0.1, -0.05) is 6.42 Å². The summed E-state index contributed by atoms with van der Waals surface area (Å²) in [7, 11) is 0. The van der Waals surface area contributed by atoms with Crippen molar-refractivity contribution in [3.63, 3.8) is 0 Å². The van der Waals surface area contributed by atoms with Gasteiger partial charge in [-0.3, -0.25) is 4.99 Å². The quantitative estimate of drug-likeness (QED) is 0.763. The second-order valence-electron chi connectivity index (χ2n) is 4.50. The van der Waals surface area contributed by atoms with E-state index in [1.165, 1.54) is 0 Å². The number of hydrogen-bond acceptors (Lipinski definition) is 3. The summed E-state index contributed by atoms with van der Waals surface area (Å²) in [5.41, 5.74) is -1.52. The molecule has 0 atom stereocenters. The molecule has 1 saturated carbocycles. The van der Waals surface area contributed by atoms with E-state index < -0.39 is 11.6 Å². The lowest BCUT2D eigenvalue weighted by molar-refractivity contribution is -0.247. The first-order chi connectivity index (χ1) is 7.54. The van der Waals surface area contributed by atoms with Crippen molar-refractivity contribution in [1.29, 1.82) is 0 Å². The minimum atomic E-state index is -4.10. The van der Waals surface area contributed by atoms with Crippen LogP contribution in [0.3, 0.4) is 0 Å². The molecule has 0 aromatic rings. The Hall–Kier alpha value is -0.940. The molecule has 1 aliphatic carbocycles. The lowest BCUT2D eigenvalue weighted by atomic mass is 9.68. The molecule has 92 valence electrons.